The molecule has 2 N–H and O–H groups in total. The number of hydrogen-bond acceptors (Lipinski definition) is 10. The lowest BCUT2D eigenvalue weighted by Crippen LogP contribution is -2.26. The van der Waals surface area contributed by atoms with Crippen molar-refractivity contribution in [2.45, 2.75) is 19.3 Å². The molecule has 4 heterocycles. The predicted molar refractivity (Wildman–Crippen MR) is 161 cm³/mol. The predicted octanol–water partition coefficient (Wildman–Crippen LogP) is 4.96. The van der Waals surface area contributed by atoms with E-state index in [9.17, 15) is 39.0 Å². The summed E-state index contributed by atoms with van der Waals surface area (Å²) >= 11 is 0. The second kappa shape index (κ2) is 10.5. The van der Waals surface area contributed by atoms with Crippen molar-refractivity contribution in [1.82, 2.24) is 0 Å². The smallest absolute Gasteiger partial charge is 0.344 e. The summed E-state index contributed by atoms with van der Waals surface area (Å²) in [7, 11) is 0. The number of carbonyl (C=O) groups is 2. The molecule has 0 unspecified atom stereocenters. The van der Waals surface area contributed by atoms with E-state index in [1.807, 2.05) is 0 Å². The fourth-order valence-corrected chi connectivity index (χ4v) is 5.22. The highest BCUT2D eigenvalue weighted by atomic mass is 16.4. The summed E-state index contributed by atoms with van der Waals surface area (Å²) in [5.74, 6) is -2.94. The average Bonchev–Trinajstić information content (AvgIpc) is 3.00. The first-order valence-electron chi connectivity index (χ1n) is 13.3. The van der Waals surface area contributed by atoms with Gasteiger partial charge in [0, 0.05) is 5.41 Å². The Hall–Kier alpha value is -6.30. The molecule has 4 aromatic heterocycles. The van der Waals surface area contributed by atoms with Crippen LogP contribution in [0.25, 0.3) is 43.9 Å². The highest BCUT2D eigenvalue weighted by Crippen LogP contribution is 2.38. The molecule has 45 heavy (non-hydrogen) atoms. The van der Waals surface area contributed by atoms with Crippen molar-refractivity contribution >= 4 is 55.8 Å². The van der Waals surface area contributed by atoms with Gasteiger partial charge in [-0.15, -0.1) is 0 Å². The third-order valence-electron chi connectivity index (χ3n) is 7.46. The van der Waals surface area contributed by atoms with Gasteiger partial charge in [0.05, 0.1) is 32.7 Å². The molecule has 12 nitrogen and oxygen atoms in total. The van der Waals surface area contributed by atoms with Crippen LogP contribution in [0.3, 0.4) is 0 Å². The Kier molecular flexibility index (Phi) is 6.69. The number of carboxylic acids is 2. The first kappa shape index (κ1) is 28.8. The highest BCUT2D eigenvalue weighted by Gasteiger charge is 2.33. The third-order valence-corrected chi connectivity index (χ3v) is 7.46. The van der Waals surface area contributed by atoms with Gasteiger partial charge in [0.2, 0.25) is 0 Å². The first-order chi connectivity index (χ1) is 21.3. The normalized spacial score (nSPS) is 11.6. The number of aromatic carboxylic acids is 2. The van der Waals surface area contributed by atoms with E-state index in [-0.39, 0.29) is 33.5 Å². The number of benzene rings is 4. The van der Waals surface area contributed by atoms with Gasteiger partial charge in [-0.05, 0) is 83.9 Å². The van der Waals surface area contributed by atoms with Gasteiger partial charge in [-0.25, -0.2) is 28.8 Å². The summed E-state index contributed by atoms with van der Waals surface area (Å²) in [5.41, 5.74) is -6.80. The van der Waals surface area contributed by atoms with Crippen LogP contribution < -0.4 is 22.5 Å². The van der Waals surface area contributed by atoms with E-state index in [0.29, 0.717) is 0 Å². The number of carboxylic acid groups (broad SMARTS) is 2. The summed E-state index contributed by atoms with van der Waals surface area (Å²) in [6.07, 6.45) is 0. The zero-order valence-electron chi connectivity index (χ0n) is 23.4. The molecule has 0 saturated carbocycles. The monoisotopic (exact) mass is 608 g/mol. The molecular weight excluding hydrogens is 588 g/mol. The van der Waals surface area contributed by atoms with Crippen LogP contribution in [-0.4, -0.2) is 22.2 Å². The van der Waals surface area contributed by atoms with Crippen LogP contribution in [0.2, 0.25) is 0 Å². The molecule has 0 aliphatic rings. The maximum absolute atomic E-state index is 13.7. The topological polar surface area (TPSA) is 195 Å². The number of rotatable bonds is 4. The molecule has 224 valence electrons. The molecule has 12 heteroatoms. The molecule has 0 saturated heterocycles. The lowest BCUT2D eigenvalue weighted by atomic mass is 9.74. The first-order valence-corrected chi connectivity index (χ1v) is 13.3. The van der Waals surface area contributed by atoms with Crippen molar-refractivity contribution in [3.8, 4) is 0 Å². The zero-order chi connectivity index (χ0) is 32.2. The van der Waals surface area contributed by atoms with Crippen molar-refractivity contribution in [2.75, 3.05) is 0 Å². The van der Waals surface area contributed by atoms with Gasteiger partial charge in [-0.2, -0.15) is 0 Å². The van der Waals surface area contributed by atoms with Crippen LogP contribution in [0.5, 0.6) is 0 Å². The van der Waals surface area contributed by atoms with E-state index in [4.69, 9.17) is 17.7 Å². The van der Waals surface area contributed by atoms with Crippen molar-refractivity contribution in [3.63, 3.8) is 0 Å². The molecule has 0 spiro atoms. The minimum Gasteiger partial charge on any atom is -0.478 e. The second-order valence-electron chi connectivity index (χ2n) is 10.6. The zero-order valence-corrected chi connectivity index (χ0v) is 23.4. The van der Waals surface area contributed by atoms with Crippen LogP contribution in [0, 0.1) is 0 Å². The quantitative estimate of drug-likeness (QED) is 0.273. The molecule has 4 aromatic carbocycles. The second-order valence-corrected chi connectivity index (χ2v) is 10.6. The maximum atomic E-state index is 13.7. The fraction of sp³-hybridized carbons (Fsp3) is 0.0909. The van der Waals surface area contributed by atoms with E-state index in [2.05, 4.69) is 0 Å². The minimum absolute atomic E-state index is 0.0843. The Bertz CT molecular complexity index is 2340. The van der Waals surface area contributed by atoms with E-state index in [1.165, 1.54) is 62.4 Å². The third kappa shape index (κ3) is 5.03. The maximum Gasteiger partial charge on any atom is 0.344 e. The summed E-state index contributed by atoms with van der Waals surface area (Å²) < 4.78 is 21.9. The molecule has 0 fully saturated rings. The van der Waals surface area contributed by atoms with Gasteiger partial charge in [0.1, 0.15) is 22.3 Å². The van der Waals surface area contributed by atoms with Crippen LogP contribution in [-0.2, 0) is 5.41 Å². The molecule has 8 aromatic rings. The van der Waals surface area contributed by atoms with Crippen molar-refractivity contribution < 1.29 is 37.5 Å². The van der Waals surface area contributed by atoms with Crippen molar-refractivity contribution in [2.24, 2.45) is 0 Å². The molecule has 0 radical (unpaired) electrons. The van der Waals surface area contributed by atoms with Crippen molar-refractivity contribution in [1.29, 1.82) is 0 Å². The van der Waals surface area contributed by atoms with E-state index < -0.39 is 72.5 Å². The van der Waals surface area contributed by atoms with Gasteiger partial charge in [-0.3, -0.25) is 0 Å². The minimum atomic E-state index is -1.69. The van der Waals surface area contributed by atoms with Gasteiger partial charge in [-0.1, -0.05) is 13.8 Å². The summed E-state index contributed by atoms with van der Waals surface area (Å²) in [5, 5.41) is 18.2. The standard InChI is InChI=1S/C33H20O12/c1-33(2,23-13-15(27(34)35)11-21-25(23)31(40)44-19-7-3-17(4-8-19)42-29(21)38)24-14-16(28(36)37)12-22-26(24)32(41)45-20-9-5-18(6-10-20)43-30(22)39/h3-14H,1-2H3,(H,34,35)(H,36,37). The Labute approximate surface area is 249 Å². The summed E-state index contributed by atoms with van der Waals surface area (Å²) in [6, 6.07) is 15.2. The lowest BCUT2D eigenvalue weighted by molar-refractivity contribution is 0.0686. The summed E-state index contributed by atoms with van der Waals surface area (Å²) in [6.45, 7) is 2.90. The largest absolute Gasteiger partial charge is 0.478 e. The molecule has 8 rings (SSSR count). The Morgan fingerprint density at radius 1 is 0.511 bits per heavy atom. The van der Waals surface area contributed by atoms with Gasteiger partial charge < -0.3 is 27.9 Å². The van der Waals surface area contributed by atoms with E-state index in [1.54, 1.807) is 0 Å². The molecule has 0 amide bonds. The number of hydrogen-bond donors (Lipinski definition) is 2. The van der Waals surface area contributed by atoms with Crippen LogP contribution in [0.15, 0.2) is 110 Å². The molecule has 0 atom stereocenters. The van der Waals surface area contributed by atoms with Gasteiger partial charge in [0.25, 0.3) is 0 Å². The SMILES string of the molecule is CC(C)(c1cc(C(=O)O)cc2c(=O)oc3ccc(cc3)oc(=O)c12)c1cc(C(=O)O)cc2c(=O)oc3ccc(cc3)oc(=O)c12. The lowest BCUT2D eigenvalue weighted by Gasteiger charge is -2.28. The van der Waals surface area contributed by atoms with E-state index >= 15 is 0 Å². The van der Waals surface area contributed by atoms with E-state index in [0.717, 1.165) is 24.3 Å². The van der Waals surface area contributed by atoms with Gasteiger partial charge >= 0.3 is 34.4 Å². The Balaban J connectivity index is 1.89. The fourth-order valence-electron chi connectivity index (χ4n) is 5.22. The highest BCUT2D eigenvalue weighted by molar-refractivity contribution is 5.98. The Morgan fingerprint density at radius 2 is 0.800 bits per heavy atom. The van der Waals surface area contributed by atoms with Gasteiger partial charge in [0.15, 0.2) is 0 Å². The van der Waals surface area contributed by atoms with Crippen LogP contribution in [0.1, 0.15) is 45.7 Å². The summed E-state index contributed by atoms with van der Waals surface area (Å²) in [4.78, 5) is 78.8. The molecule has 4 bridgehead atoms. The number of fused-ring (bicyclic) bond motifs is 8. The van der Waals surface area contributed by atoms with Crippen LogP contribution in [0.4, 0.5) is 0 Å². The van der Waals surface area contributed by atoms with Crippen LogP contribution >= 0.6 is 0 Å². The molecule has 0 aliphatic heterocycles. The Morgan fingerprint density at radius 3 is 1.09 bits per heavy atom. The molecular formula is C33H20O12. The molecule has 0 aliphatic carbocycles. The average molecular weight is 609 g/mol. The van der Waals surface area contributed by atoms with Crippen molar-refractivity contribution in [3.05, 3.63) is 137 Å².